The fourth-order valence-corrected chi connectivity index (χ4v) is 2.37. The summed E-state index contributed by atoms with van der Waals surface area (Å²) in [6.07, 6.45) is 2.55. The number of carboxylic acids is 1. The third-order valence-electron chi connectivity index (χ3n) is 3.20. The third kappa shape index (κ3) is 3.11. The summed E-state index contributed by atoms with van der Waals surface area (Å²) in [7, 11) is 0. The molecule has 1 fully saturated rings. The lowest BCUT2D eigenvalue weighted by Crippen LogP contribution is -2.54. The van der Waals surface area contributed by atoms with Crippen LogP contribution in [-0.2, 0) is 9.59 Å². The lowest BCUT2D eigenvalue weighted by Gasteiger charge is -2.35. The third-order valence-corrected chi connectivity index (χ3v) is 3.44. The number of carboxylic acid groups (broad SMARTS) is 1. The van der Waals surface area contributed by atoms with E-state index in [-0.39, 0.29) is 11.9 Å². The lowest BCUT2D eigenvalue weighted by atomic mass is 10.1. The van der Waals surface area contributed by atoms with E-state index >= 15 is 0 Å². The van der Waals surface area contributed by atoms with E-state index in [9.17, 15) is 9.59 Å². The summed E-state index contributed by atoms with van der Waals surface area (Å²) in [5.41, 5.74) is 1.48. The number of amides is 1. The van der Waals surface area contributed by atoms with Gasteiger partial charge in [0.1, 0.15) is 6.04 Å². The van der Waals surface area contributed by atoms with Crippen molar-refractivity contribution in [2.24, 2.45) is 0 Å². The van der Waals surface area contributed by atoms with Crippen LogP contribution in [0.15, 0.2) is 24.3 Å². The fourth-order valence-electron chi connectivity index (χ4n) is 2.19. The Hall–Kier alpha value is -2.01. The monoisotopic (exact) mass is 294 g/mol. The molecule has 5 nitrogen and oxygen atoms in total. The van der Waals surface area contributed by atoms with Crippen molar-refractivity contribution in [2.75, 3.05) is 18.0 Å². The van der Waals surface area contributed by atoms with Crippen LogP contribution in [0.25, 0.3) is 6.08 Å². The Morgan fingerprint density at radius 3 is 3.00 bits per heavy atom. The van der Waals surface area contributed by atoms with Gasteiger partial charge < -0.3 is 15.3 Å². The standard InChI is InChI=1S/C14H15ClN2O3/c1-9-14(20)16-6-7-17(9)12-4-3-11(15)8-10(12)2-5-13(18)19/h2-5,8-9H,6-7H2,1H3,(H,16,20)(H,18,19)/b5-2+. The topological polar surface area (TPSA) is 69.6 Å². The highest BCUT2D eigenvalue weighted by Gasteiger charge is 2.26. The Kier molecular flexibility index (Phi) is 4.29. The molecule has 106 valence electrons. The van der Waals surface area contributed by atoms with E-state index in [1.807, 2.05) is 11.8 Å². The van der Waals surface area contributed by atoms with E-state index in [2.05, 4.69) is 5.32 Å². The van der Waals surface area contributed by atoms with Crippen molar-refractivity contribution in [3.63, 3.8) is 0 Å². The van der Waals surface area contributed by atoms with Gasteiger partial charge in [0.2, 0.25) is 5.91 Å². The number of nitrogens with zero attached hydrogens (tertiary/aromatic N) is 1. The van der Waals surface area contributed by atoms with Crippen molar-refractivity contribution < 1.29 is 14.7 Å². The van der Waals surface area contributed by atoms with Gasteiger partial charge in [0, 0.05) is 29.9 Å². The largest absolute Gasteiger partial charge is 0.478 e. The molecule has 1 aliphatic heterocycles. The van der Waals surface area contributed by atoms with Gasteiger partial charge in [-0.2, -0.15) is 0 Å². The average molecular weight is 295 g/mol. The summed E-state index contributed by atoms with van der Waals surface area (Å²) in [6, 6.07) is 4.92. The molecule has 1 atom stereocenters. The molecule has 6 heteroatoms. The van der Waals surface area contributed by atoms with Gasteiger partial charge in [-0.1, -0.05) is 11.6 Å². The molecule has 1 aromatic rings. The molecule has 0 bridgehead atoms. The number of hydrogen-bond donors (Lipinski definition) is 2. The van der Waals surface area contributed by atoms with Crippen molar-refractivity contribution in [3.05, 3.63) is 34.9 Å². The first-order valence-corrected chi connectivity index (χ1v) is 6.62. The maximum absolute atomic E-state index is 11.7. The lowest BCUT2D eigenvalue weighted by molar-refractivity contribution is -0.131. The number of carbonyl (C=O) groups is 2. The van der Waals surface area contributed by atoms with Crippen LogP contribution in [0.2, 0.25) is 5.02 Å². The molecule has 2 N–H and O–H groups in total. The summed E-state index contributed by atoms with van der Waals surface area (Å²) in [6.45, 7) is 3.05. The molecule has 0 aromatic heterocycles. The molecule has 2 rings (SSSR count). The van der Waals surface area contributed by atoms with Crippen LogP contribution in [0.4, 0.5) is 5.69 Å². The molecular formula is C14H15ClN2O3. The highest BCUT2D eigenvalue weighted by atomic mass is 35.5. The second-order valence-electron chi connectivity index (χ2n) is 4.54. The number of halogens is 1. The number of benzene rings is 1. The van der Waals surface area contributed by atoms with Crippen LogP contribution in [0.3, 0.4) is 0 Å². The maximum atomic E-state index is 11.7. The van der Waals surface area contributed by atoms with Gasteiger partial charge in [-0.3, -0.25) is 4.79 Å². The van der Waals surface area contributed by atoms with Crippen LogP contribution < -0.4 is 10.2 Å². The normalized spacial score (nSPS) is 19.2. The van der Waals surface area contributed by atoms with Crippen LogP contribution in [-0.4, -0.2) is 36.1 Å². The zero-order valence-electron chi connectivity index (χ0n) is 11.0. The van der Waals surface area contributed by atoms with Crippen LogP contribution >= 0.6 is 11.6 Å². The highest BCUT2D eigenvalue weighted by Crippen LogP contribution is 2.28. The molecule has 1 amide bonds. The molecule has 20 heavy (non-hydrogen) atoms. The SMILES string of the molecule is CC1C(=O)NCCN1c1ccc(Cl)cc1/C=C/C(=O)O. The number of anilines is 1. The molecule has 1 aromatic carbocycles. The molecule has 1 heterocycles. The van der Waals surface area contributed by atoms with Gasteiger partial charge in [0.15, 0.2) is 0 Å². The quantitative estimate of drug-likeness (QED) is 0.834. The molecular weight excluding hydrogens is 280 g/mol. The van der Waals surface area contributed by atoms with Gasteiger partial charge in [-0.25, -0.2) is 4.79 Å². The minimum atomic E-state index is -1.03. The van der Waals surface area contributed by atoms with E-state index in [0.29, 0.717) is 23.7 Å². The Morgan fingerprint density at radius 1 is 1.55 bits per heavy atom. The summed E-state index contributed by atoms with van der Waals surface area (Å²) in [4.78, 5) is 24.3. The van der Waals surface area contributed by atoms with Crippen molar-refractivity contribution >= 4 is 35.2 Å². The molecule has 1 saturated heterocycles. The number of rotatable bonds is 3. The first-order chi connectivity index (χ1) is 9.49. The molecule has 1 aliphatic rings. The molecule has 0 aliphatic carbocycles. The van der Waals surface area contributed by atoms with Crippen LogP contribution in [0, 0.1) is 0 Å². The van der Waals surface area contributed by atoms with E-state index < -0.39 is 5.97 Å². The first kappa shape index (κ1) is 14.4. The zero-order valence-corrected chi connectivity index (χ0v) is 11.7. The fraction of sp³-hybridized carbons (Fsp3) is 0.286. The smallest absolute Gasteiger partial charge is 0.328 e. The molecule has 0 radical (unpaired) electrons. The zero-order chi connectivity index (χ0) is 14.7. The number of nitrogens with one attached hydrogen (secondary N) is 1. The van der Waals surface area contributed by atoms with Crippen molar-refractivity contribution in [1.29, 1.82) is 0 Å². The van der Waals surface area contributed by atoms with Crippen LogP contribution in [0.1, 0.15) is 12.5 Å². The average Bonchev–Trinajstić information content (AvgIpc) is 2.40. The number of carbonyl (C=O) groups excluding carboxylic acids is 1. The summed E-state index contributed by atoms with van der Waals surface area (Å²) >= 11 is 5.96. The Balaban J connectivity index is 2.39. The predicted molar refractivity (Wildman–Crippen MR) is 77.9 cm³/mol. The van der Waals surface area contributed by atoms with E-state index in [0.717, 1.165) is 11.8 Å². The van der Waals surface area contributed by atoms with Crippen molar-refractivity contribution in [1.82, 2.24) is 5.32 Å². The predicted octanol–water partition coefficient (Wildman–Crippen LogP) is 1.76. The summed E-state index contributed by atoms with van der Waals surface area (Å²) in [5.74, 6) is -1.07. The second kappa shape index (κ2) is 5.96. The minimum Gasteiger partial charge on any atom is -0.478 e. The van der Waals surface area contributed by atoms with Gasteiger partial charge in [-0.15, -0.1) is 0 Å². The number of hydrogen-bond acceptors (Lipinski definition) is 3. The molecule has 0 saturated carbocycles. The van der Waals surface area contributed by atoms with Gasteiger partial charge in [0.25, 0.3) is 0 Å². The van der Waals surface area contributed by atoms with Gasteiger partial charge >= 0.3 is 5.97 Å². The van der Waals surface area contributed by atoms with E-state index in [4.69, 9.17) is 16.7 Å². The molecule has 0 spiro atoms. The van der Waals surface area contributed by atoms with Gasteiger partial charge in [0.05, 0.1) is 0 Å². The number of aliphatic carboxylic acids is 1. The maximum Gasteiger partial charge on any atom is 0.328 e. The van der Waals surface area contributed by atoms with Crippen molar-refractivity contribution in [2.45, 2.75) is 13.0 Å². The van der Waals surface area contributed by atoms with Crippen LogP contribution in [0.5, 0.6) is 0 Å². The Labute approximate surface area is 121 Å². The van der Waals surface area contributed by atoms with E-state index in [1.54, 1.807) is 18.2 Å². The summed E-state index contributed by atoms with van der Waals surface area (Å²) < 4.78 is 0. The minimum absolute atomic E-state index is 0.0423. The Morgan fingerprint density at radius 2 is 2.30 bits per heavy atom. The van der Waals surface area contributed by atoms with Gasteiger partial charge in [-0.05, 0) is 36.8 Å². The van der Waals surface area contributed by atoms with E-state index in [1.165, 1.54) is 6.08 Å². The Bertz CT molecular complexity index is 572. The number of piperazine rings is 1. The molecule has 1 unspecified atom stereocenters. The first-order valence-electron chi connectivity index (χ1n) is 6.24. The highest BCUT2D eigenvalue weighted by molar-refractivity contribution is 6.30. The van der Waals surface area contributed by atoms with Crippen molar-refractivity contribution in [3.8, 4) is 0 Å². The summed E-state index contributed by atoms with van der Waals surface area (Å²) in [5, 5.41) is 12.1. The second-order valence-corrected chi connectivity index (χ2v) is 4.97.